The highest BCUT2D eigenvalue weighted by atomic mass is 19.4. The highest BCUT2D eigenvalue weighted by molar-refractivity contribution is 5.79. The van der Waals surface area contributed by atoms with E-state index in [1.54, 1.807) is 0 Å². The normalized spacial score (nSPS) is 11.6. The zero-order valence-corrected chi connectivity index (χ0v) is 16.1. The Hall–Kier alpha value is -3.88. The Labute approximate surface area is 175 Å². The number of carbonyl (C=O) groups is 1. The highest BCUT2D eigenvalue weighted by Crippen LogP contribution is 2.30. The molecule has 1 aromatic heterocycles. The van der Waals surface area contributed by atoms with E-state index in [2.05, 4.69) is 15.6 Å². The van der Waals surface area contributed by atoms with Crippen molar-refractivity contribution in [2.45, 2.75) is 12.2 Å². The molecule has 3 aromatic carbocycles. The highest BCUT2D eigenvalue weighted by Gasteiger charge is 2.31. The first-order chi connectivity index (χ1) is 14.9. The Balaban J connectivity index is 1.50. The summed E-state index contributed by atoms with van der Waals surface area (Å²) in [7, 11) is 0. The number of halogens is 3. The largest absolute Gasteiger partial charge is 0.416 e. The molecule has 4 rings (SSSR count). The fourth-order valence-electron chi connectivity index (χ4n) is 3.14. The first kappa shape index (κ1) is 20.4. The van der Waals surface area contributed by atoms with Gasteiger partial charge in [0.15, 0.2) is 6.61 Å². The maximum atomic E-state index is 13.0. The van der Waals surface area contributed by atoms with Gasteiger partial charge in [-0.2, -0.15) is 13.2 Å². The molecule has 6 nitrogen and oxygen atoms in total. The van der Waals surface area contributed by atoms with Gasteiger partial charge in [-0.1, -0.05) is 65.5 Å². The van der Waals surface area contributed by atoms with Crippen LogP contribution in [0.5, 0.6) is 0 Å². The molecule has 0 saturated carbocycles. The molecule has 0 radical (unpaired) electrons. The van der Waals surface area contributed by atoms with Gasteiger partial charge in [0.2, 0.25) is 0 Å². The number of rotatable bonds is 6. The lowest BCUT2D eigenvalue weighted by Crippen LogP contribution is -2.35. The fourth-order valence-corrected chi connectivity index (χ4v) is 3.14. The zero-order chi connectivity index (χ0) is 21.8. The summed E-state index contributed by atoms with van der Waals surface area (Å²) in [6.07, 6.45) is -4.51. The lowest BCUT2D eigenvalue weighted by atomic mass is 9.99. The smallest absolute Gasteiger partial charge is 0.385 e. The maximum Gasteiger partial charge on any atom is 0.416 e. The van der Waals surface area contributed by atoms with E-state index in [4.69, 9.17) is 4.84 Å². The van der Waals surface area contributed by atoms with Crippen LogP contribution in [0.15, 0.2) is 78.9 Å². The first-order valence-electron chi connectivity index (χ1n) is 9.37. The van der Waals surface area contributed by atoms with Gasteiger partial charge in [-0.05, 0) is 34.5 Å². The summed E-state index contributed by atoms with van der Waals surface area (Å²) < 4.78 is 38.9. The van der Waals surface area contributed by atoms with Gasteiger partial charge in [0.1, 0.15) is 11.0 Å². The van der Waals surface area contributed by atoms with E-state index >= 15 is 0 Å². The quantitative estimate of drug-likeness (QED) is 0.510. The second kappa shape index (κ2) is 8.47. The van der Waals surface area contributed by atoms with Crippen molar-refractivity contribution in [2.75, 3.05) is 6.61 Å². The predicted molar refractivity (Wildman–Crippen MR) is 107 cm³/mol. The van der Waals surface area contributed by atoms with Crippen LogP contribution >= 0.6 is 0 Å². The number of nitrogens with zero attached hydrogens (tertiary/aromatic N) is 3. The monoisotopic (exact) mass is 426 g/mol. The van der Waals surface area contributed by atoms with Gasteiger partial charge in [-0.25, -0.2) is 0 Å². The Kier molecular flexibility index (Phi) is 5.57. The van der Waals surface area contributed by atoms with Crippen molar-refractivity contribution >= 4 is 16.9 Å². The van der Waals surface area contributed by atoms with Crippen LogP contribution < -0.4 is 10.2 Å². The SMILES string of the molecule is O=C(COn1nnc2ccc(C(F)(F)F)cc21)NC(c1ccccc1)c1ccccc1. The molecule has 0 unspecified atom stereocenters. The molecule has 0 spiro atoms. The van der Waals surface area contributed by atoms with Crippen molar-refractivity contribution in [3.05, 3.63) is 95.6 Å². The molecule has 1 heterocycles. The maximum absolute atomic E-state index is 13.0. The minimum atomic E-state index is -4.51. The standard InChI is InChI=1S/C22H17F3N4O2/c23-22(24,25)17-11-12-18-19(13-17)29(28-27-18)31-14-20(30)26-21(15-7-3-1-4-8-15)16-9-5-2-6-10-16/h1-13,21H,14H2,(H,26,30). The molecule has 158 valence electrons. The molecular formula is C22H17F3N4O2. The van der Waals surface area contributed by atoms with E-state index < -0.39 is 30.3 Å². The summed E-state index contributed by atoms with van der Waals surface area (Å²) in [4.78, 5) is 18.7. The third-order valence-electron chi connectivity index (χ3n) is 4.63. The van der Waals surface area contributed by atoms with Crippen LogP contribution in [-0.2, 0) is 11.0 Å². The van der Waals surface area contributed by atoms with Crippen LogP contribution in [0.4, 0.5) is 13.2 Å². The van der Waals surface area contributed by atoms with Crippen LogP contribution in [0, 0.1) is 0 Å². The summed E-state index contributed by atoms with van der Waals surface area (Å²) in [5.74, 6) is -0.465. The average Bonchev–Trinajstić information content (AvgIpc) is 3.19. The Morgan fingerprint density at radius 2 is 1.58 bits per heavy atom. The number of carbonyl (C=O) groups excluding carboxylic acids is 1. The fraction of sp³-hybridized carbons (Fsp3) is 0.136. The molecule has 0 atom stereocenters. The third kappa shape index (κ3) is 4.66. The molecule has 0 bridgehead atoms. The van der Waals surface area contributed by atoms with Crippen LogP contribution in [-0.4, -0.2) is 27.7 Å². The third-order valence-corrected chi connectivity index (χ3v) is 4.63. The average molecular weight is 426 g/mol. The van der Waals surface area contributed by atoms with Crippen molar-refractivity contribution in [1.29, 1.82) is 0 Å². The van der Waals surface area contributed by atoms with Crippen molar-refractivity contribution in [2.24, 2.45) is 0 Å². The van der Waals surface area contributed by atoms with Gasteiger partial charge in [-0.15, -0.1) is 5.10 Å². The van der Waals surface area contributed by atoms with E-state index in [1.807, 2.05) is 60.7 Å². The Morgan fingerprint density at radius 1 is 0.968 bits per heavy atom. The topological polar surface area (TPSA) is 69.0 Å². The molecule has 1 amide bonds. The minimum absolute atomic E-state index is 0.0188. The molecule has 4 aromatic rings. The number of fused-ring (bicyclic) bond motifs is 1. The van der Waals surface area contributed by atoms with Crippen LogP contribution in [0.3, 0.4) is 0 Å². The van der Waals surface area contributed by atoms with Crippen LogP contribution in [0.25, 0.3) is 11.0 Å². The number of benzene rings is 3. The van der Waals surface area contributed by atoms with Gasteiger partial charge < -0.3 is 10.2 Å². The second-order valence-electron chi connectivity index (χ2n) is 6.76. The van der Waals surface area contributed by atoms with Crippen molar-refractivity contribution < 1.29 is 22.8 Å². The molecular weight excluding hydrogens is 409 g/mol. The number of hydrogen-bond donors (Lipinski definition) is 1. The number of amides is 1. The Morgan fingerprint density at radius 3 is 2.16 bits per heavy atom. The van der Waals surface area contributed by atoms with E-state index in [0.717, 1.165) is 28.1 Å². The molecule has 0 fully saturated rings. The molecule has 0 aliphatic rings. The summed E-state index contributed by atoms with van der Waals surface area (Å²) in [6.45, 7) is -0.453. The van der Waals surface area contributed by atoms with Gasteiger partial charge in [0, 0.05) is 0 Å². The molecule has 1 N–H and O–H groups in total. The predicted octanol–water partition coefficient (Wildman–Crippen LogP) is 3.78. The lowest BCUT2D eigenvalue weighted by Gasteiger charge is -2.20. The number of hydrogen-bond acceptors (Lipinski definition) is 4. The Bertz CT molecular complexity index is 1140. The summed E-state index contributed by atoms with van der Waals surface area (Å²) in [6, 6.07) is 21.4. The second-order valence-corrected chi connectivity index (χ2v) is 6.76. The molecule has 9 heteroatoms. The summed E-state index contributed by atoms with van der Waals surface area (Å²) in [5.41, 5.74) is 1.14. The van der Waals surface area contributed by atoms with Crippen molar-refractivity contribution in [3.8, 4) is 0 Å². The van der Waals surface area contributed by atoms with E-state index in [9.17, 15) is 18.0 Å². The number of alkyl halides is 3. The van der Waals surface area contributed by atoms with Crippen LogP contribution in [0.1, 0.15) is 22.7 Å². The number of nitrogens with one attached hydrogen (secondary N) is 1. The van der Waals surface area contributed by atoms with Crippen molar-refractivity contribution in [3.63, 3.8) is 0 Å². The summed E-state index contributed by atoms with van der Waals surface area (Å²) >= 11 is 0. The first-order valence-corrected chi connectivity index (χ1v) is 9.37. The van der Waals surface area contributed by atoms with Gasteiger partial charge in [-0.3, -0.25) is 4.79 Å². The minimum Gasteiger partial charge on any atom is -0.385 e. The molecule has 0 aliphatic heterocycles. The molecule has 31 heavy (non-hydrogen) atoms. The van der Waals surface area contributed by atoms with Gasteiger partial charge >= 0.3 is 6.18 Å². The lowest BCUT2D eigenvalue weighted by molar-refractivity contribution is -0.137. The molecule has 0 aliphatic carbocycles. The van der Waals surface area contributed by atoms with E-state index in [-0.39, 0.29) is 11.0 Å². The van der Waals surface area contributed by atoms with Crippen molar-refractivity contribution in [1.82, 2.24) is 20.5 Å². The van der Waals surface area contributed by atoms with E-state index in [1.165, 1.54) is 6.07 Å². The van der Waals surface area contributed by atoms with Gasteiger partial charge in [0.05, 0.1) is 11.6 Å². The van der Waals surface area contributed by atoms with E-state index in [0.29, 0.717) is 0 Å². The number of aromatic nitrogens is 3. The zero-order valence-electron chi connectivity index (χ0n) is 16.1. The van der Waals surface area contributed by atoms with Crippen LogP contribution in [0.2, 0.25) is 0 Å². The molecule has 0 saturated heterocycles. The summed E-state index contributed by atoms with van der Waals surface area (Å²) in [5, 5.41) is 10.3. The van der Waals surface area contributed by atoms with Gasteiger partial charge in [0.25, 0.3) is 5.91 Å².